The van der Waals surface area contributed by atoms with Gasteiger partial charge in [0.1, 0.15) is 0 Å². The molecule has 1 N–H and O–H groups in total. The number of piperidine rings is 1. The summed E-state index contributed by atoms with van der Waals surface area (Å²) in [4.78, 5) is 14.2. The number of carbonyl (C=O) groups is 1. The van der Waals surface area contributed by atoms with E-state index in [0.29, 0.717) is 23.8 Å². The Morgan fingerprint density at radius 2 is 2.06 bits per heavy atom. The van der Waals surface area contributed by atoms with Gasteiger partial charge in [0, 0.05) is 25.0 Å². The van der Waals surface area contributed by atoms with Crippen LogP contribution >= 0.6 is 0 Å². The van der Waals surface area contributed by atoms with E-state index in [-0.39, 0.29) is 0 Å². The molecule has 1 saturated carbocycles. The second-order valence-electron chi connectivity index (χ2n) is 5.58. The van der Waals surface area contributed by atoms with Crippen molar-refractivity contribution in [3.8, 4) is 0 Å². The second kappa shape index (κ2) is 5.85. The van der Waals surface area contributed by atoms with Gasteiger partial charge in [-0.15, -0.1) is 0 Å². The monoisotopic (exact) mass is 238 g/mol. The highest BCUT2D eigenvalue weighted by Crippen LogP contribution is 2.32. The standard InChI is InChI=1S/C14H26N2O/c1-3-8-15-13-7-9-16(10-11(13)4-2)14(17)12-5-6-12/h11-13,15H,3-10H2,1-2H3. The quantitative estimate of drug-likeness (QED) is 0.795. The van der Waals surface area contributed by atoms with Crippen molar-refractivity contribution in [3.05, 3.63) is 0 Å². The third-order valence-electron chi connectivity index (χ3n) is 4.15. The molecular weight excluding hydrogens is 212 g/mol. The summed E-state index contributed by atoms with van der Waals surface area (Å²) in [5, 5.41) is 3.64. The largest absolute Gasteiger partial charge is 0.342 e. The fourth-order valence-corrected chi connectivity index (χ4v) is 2.83. The molecule has 1 saturated heterocycles. The highest BCUT2D eigenvalue weighted by atomic mass is 16.2. The maximum atomic E-state index is 12.0. The second-order valence-corrected chi connectivity index (χ2v) is 5.58. The highest BCUT2D eigenvalue weighted by molar-refractivity contribution is 5.81. The Hall–Kier alpha value is -0.570. The molecule has 1 amide bonds. The van der Waals surface area contributed by atoms with Gasteiger partial charge in [-0.25, -0.2) is 0 Å². The van der Waals surface area contributed by atoms with Crippen molar-refractivity contribution in [1.82, 2.24) is 10.2 Å². The summed E-state index contributed by atoms with van der Waals surface area (Å²) in [7, 11) is 0. The van der Waals surface area contributed by atoms with Crippen LogP contribution in [-0.4, -0.2) is 36.5 Å². The first kappa shape index (κ1) is 12.9. The Labute approximate surface area is 105 Å². The molecule has 1 aliphatic heterocycles. The Kier molecular flexibility index (Phi) is 4.43. The van der Waals surface area contributed by atoms with Crippen molar-refractivity contribution in [3.63, 3.8) is 0 Å². The number of amides is 1. The molecule has 0 radical (unpaired) electrons. The van der Waals surface area contributed by atoms with Crippen LogP contribution in [0.15, 0.2) is 0 Å². The molecule has 17 heavy (non-hydrogen) atoms. The zero-order valence-corrected chi connectivity index (χ0v) is 11.2. The van der Waals surface area contributed by atoms with Crippen LogP contribution in [0.4, 0.5) is 0 Å². The highest BCUT2D eigenvalue weighted by Gasteiger charge is 2.37. The van der Waals surface area contributed by atoms with E-state index in [1.54, 1.807) is 0 Å². The molecule has 0 spiro atoms. The summed E-state index contributed by atoms with van der Waals surface area (Å²) in [5.74, 6) is 1.46. The molecule has 98 valence electrons. The lowest BCUT2D eigenvalue weighted by Gasteiger charge is -2.39. The minimum absolute atomic E-state index is 0.382. The van der Waals surface area contributed by atoms with Gasteiger partial charge in [-0.2, -0.15) is 0 Å². The van der Waals surface area contributed by atoms with Crippen LogP contribution in [-0.2, 0) is 4.79 Å². The van der Waals surface area contributed by atoms with Gasteiger partial charge in [-0.05, 0) is 38.1 Å². The van der Waals surface area contributed by atoms with E-state index in [1.165, 1.54) is 12.8 Å². The van der Waals surface area contributed by atoms with Gasteiger partial charge < -0.3 is 10.2 Å². The van der Waals surface area contributed by atoms with Crippen LogP contribution in [0.1, 0.15) is 46.0 Å². The van der Waals surface area contributed by atoms with Crippen LogP contribution in [0.2, 0.25) is 0 Å². The van der Waals surface area contributed by atoms with Crippen LogP contribution in [0.3, 0.4) is 0 Å². The molecule has 2 rings (SSSR count). The van der Waals surface area contributed by atoms with Crippen molar-refractivity contribution in [2.24, 2.45) is 11.8 Å². The number of hydrogen-bond donors (Lipinski definition) is 1. The van der Waals surface area contributed by atoms with Crippen LogP contribution in [0, 0.1) is 11.8 Å². The zero-order chi connectivity index (χ0) is 12.3. The van der Waals surface area contributed by atoms with Crippen LogP contribution in [0.25, 0.3) is 0 Å². The van der Waals surface area contributed by atoms with Gasteiger partial charge in [0.25, 0.3) is 0 Å². The molecule has 1 aliphatic carbocycles. The van der Waals surface area contributed by atoms with E-state index in [4.69, 9.17) is 0 Å². The van der Waals surface area contributed by atoms with E-state index in [9.17, 15) is 4.79 Å². The van der Waals surface area contributed by atoms with Crippen molar-refractivity contribution in [2.75, 3.05) is 19.6 Å². The van der Waals surface area contributed by atoms with E-state index < -0.39 is 0 Å². The Morgan fingerprint density at radius 3 is 2.65 bits per heavy atom. The van der Waals surface area contributed by atoms with E-state index in [2.05, 4.69) is 24.1 Å². The van der Waals surface area contributed by atoms with E-state index in [1.807, 2.05) is 0 Å². The zero-order valence-electron chi connectivity index (χ0n) is 11.2. The molecule has 0 aromatic rings. The van der Waals surface area contributed by atoms with Crippen molar-refractivity contribution < 1.29 is 4.79 Å². The van der Waals surface area contributed by atoms with Crippen molar-refractivity contribution in [1.29, 1.82) is 0 Å². The molecule has 1 heterocycles. The lowest BCUT2D eigenvalue weighted by atomic mass is 9.89. The fraction of sp³-hybridized carbons (Fsp3) is 0.929. The number of rotatable bonds is 5. The summed E-state index contributed by atoms with van der Waals surface area (Å²) >= 11 is 0. The van der Waals surface area contributed by atoms with Gasteiger partial charge in [0.15, 0.2) is 0 Å². The fourth-order valence-electron chi connectivity index (χ4n) is 2.83. The minimum atomic E-state index is 0.382. The van der Waals surface area contributed by atoms with Gasteiger partial charge >= 0.3 is 0 Å². The third-order valence-corrected chi connectivity index (χ3v) is 4.15. The van der Waals surface area contributed by atoms with Gasteiger partial charge in [0.2, 0.25) is 5.91 Å². The number of nitrogens with zero attached hydrogens (tertiary/aromatic N) is 1. The summed E-state index contributed by atoms with van der Waals surface area (Å²) in [6.07, 6.45) is 5.76. The molecule has 3 nitrogen and oxygen atoms in total. The first-order chi connectivity index (χ1) is 8.26. The molecule has 2 fully saturated rings. The average Bonchev–Trinajstić information content (AvgIpc) is 3.19. The third kappa shape index (κ3) is 3.21. The van der Waals surface area contributed by atoms with Crippen molar-refractivity contribution >= 4 is 5.91 Å². The number of likely N-dealkylation sites (tertiary alicyclic amines) is 1. The van der Waals surface area contributed by atoms with E-state index in [0.717, 1.165) is 38.9 Å². The first-order valence-electron chi connectivity index (χ1n) is 7.28. The molecular formula is C14H26N2O. The molecule has 2 aliphatic rings. The summed E-state index contributed by atoms with van der Waals surface area (Å²) in [6.45, 7) is 7.51. The lowest BCUT2D eigenvalue weighted by Crippen LogP contribution is -2.51. The predicted molar refractivity (Wildman–Crippen MR) is 69.8 cm³/mol. The average molecular weight is 238 g/mol. The van der Waals surface area contributed by atoms with Gasteiger partial charge in [-0.1, -0.05) is 20.3 Å². The number of nitrogens with one attached hydrogen (secondary N) is 1. The molecule has 0 aromatic heterocycles. The summed E-state index contributed by atoms with van der Waals surface area (Å²) in [6, 6.07) is 0.628. The summed E-state index contributed by atoms with van der Waals surface area (Å²) in [5.41, 5.74) is 0. The molecule has 0 bridgehead atoms. The van der Waals surface area contributed by atoms with Crippen LogP contribution in [0.5, 0.6) is 0 Å². The Balaban J connectivity index is 1.85. The normalized spacial score (nSPS) is 29.4. The minimum Gasteiger partial charge on any atom is -0.342 e. The van der Waals surface area contributed by atoms with Crippen molar-refractivity contribution in [2.45, 2.75) is 52.0 Å². The molecule has 2 atom stereocenters. The van der Waals surface area contributed by atoms with E-state index >= 15 is 0 Å². The predicted octanol–water partition coefficient (Wildman–Crippen LogP) is 2.02. The van der Waals surface area contributed by atoms with Crippen LogP contribution < -0.4 is 5.32 Å². The smallest absolute Gasteiger partial charge is 0.225 e. The molecule has 0 aromatic carbocycles. The number of carbonyl (C=O) groups excluding carboxylic acids is 1. The first-order valence-corrected chi connectivity index (χ1v) is 7.28. The maximum Gasteiger partial charge on any atom is 0.225 e. The topological polar surface area (TPSA) is 32.3 Å². The molecule has 2 unspecified atom stereocenters. The molecule has 3 heteroatoms. The van der Waals surface area contributed by atoms with Gasteiger partial charge in [-0.3, -0.25) is 4.79 Å². The Bertz CT molecular complexity index is 263. The lowest BCUT2D eigenvalue weighted by molar-refractivity contribution is -0.134. The SMILES string of the molecule is CCCNC1CCN(C(=O)C2CC2)CC1CC. The summed E-state index contributed by atoms with van der Waals surface area (Å²) < 4.78 is 0. The maximum absolute atomic E-state index is 12.0. The Morgan fingerprint density at radius 1 is 1.29 bits per heavy atom. The number of hydrogen-bond acceptors (Lipinski definition) is 2. The van der Waals surface area contributed by atoms with Gasteiger partial charge in [0.05, 0.1) is 0 Å².